The maximum atomic E-state index is 12.3. The van der Waals surface area contributed by atoms with Crippen LogP contribution < -0.4 is 10.6 Å². The molecule has 3 atom stereocenters. The molecule has 0 bridgehead atoms. The van der Waals surface area contributed by atoms with Crippen molar-refractivity contribution in [1.29, 1.82) is 0 Å². The number of rotatable bonds is 3. The van der Waals surface area contributed by atoms with Crippen molar-refractivity contribution in [2.45, 2.75) is 64.6 Å². The predicted molar refractivity (Wildman–Crippen MR) is 95.2 cm³/mol. The van der Waals surface area contributed by atoms with E-state index in [9.17, 15) is 4.79 Å². The van der Waals surface area contributed by atoms with Crippen molar-refractivity contribution in [2.75, 3.05) is 0 Å². The first-order chi connectivity index (χ1) is 9.63. The molecule has 1 saturated carbocycles. The van der Waals surface area contributed by atoms with Gasteiger partial charge in [-0.25, -0.2) is 4.98 Å². The van der Waals surface area contributed by atoms with Crippen LogP contribution in [-0.4, -0.2) is 23.0 Å². The molecule has 0 spiro atoms. The minimum atomic E-state index is 0. The summed E-state index contributed by atoms with van der Waals surface area (Å²) in [4.78, 5) is 17.9. The molecule has 0 aromatic carbocycles. The van der Waals surface area contributed by atoms with Gasteiger partial charge in [0.15, 0.2) is 0 Å². The molecular weight excluding hydrogens is 341 g/mol. The Morgan fingerprint density at radius 2 is 2.05 bits per heavy atom. The Kier molecular flexibility index (Phi) is 7.59. The van der Waals surface area contributed by atoms with E-state index in [1.807, 2.05) is 13.8 Å². The van der Waals surface area contributed by atoms with Gasteiger partial charge in [0.2, 0.25) is 5.91 Å². The van der Waals surface area contributed by atoms with Gasteiger partial charge in [-0.15, -0.1) is 36.2 Å². The summed E-state index contributed by atoms with van der Waals surface area (Å²) in [5.74, 6) is 0.872. The highest BCUT2D eigenvalue weighted by Gasteiger charge is 2.38. The number of nitrogens with zero attached hydrogens (tertiary/aromatic N) is 1. The maximum absolute atomic E-state index is 12.3. The Bertz CT molecular complexity index is 495. The minimum Gasteiger partial charge on any atom is -0.350 e. The second kappa shape index (κ2) is 8.48. The number of halogens is 2. The van der Waals surface area contributed by atoms with Crippen LogP contribution in [0.3, 0.4) is 0 Å². The first kappa shape index (κ1) is 19.7. The number of amides is 1. The topological polar surface area (TPSA) is 54.0 Å². The molecule has 1 saturated heterocycles. The third kappa shape index (κ3) is 4.34. The number of thiazole rings is 1. The maximum Gasteiger partial charge on any atom is 0.237 e. The number of fused-ring (bicyclic) bond motifs is 1. The molecule has 1 aliphatic heterocycles. The standard InChI is InChI=1S/C15H23N3OS.2ClH/c1-9-14(20-10(2)17-9)8-16-15(19)13-7-11-5-3-4-6-12(11)18-13;;/h11-13,18H,3-8H2,1-2H3,(H,16,19);2*1H. The van der Waals surface area contributed by atoms with Crippen molar-refractivity contribution in [3.63, 3.8) is 0 Å². The summed E-state index contributed by atoms with van der Waals surface area (Å²) in [5, 5.41) is 7.66. The first-order valence-electron chi connectivity index (χ1n) is 7.60. The second-order valence-electron chi connectivity index (χ2n) is 6.07. The van der Waals surface area contributed by atoms with E-state index in [0.29, 0.717) is 18.5 Å². The molecule has 1 aromatic rings. The molecule has 2 fully saturated rings. The van der Waals surface area contributed by atoms with Crippen molar-refractivity contribution >= 4 is 42.1 Å². The highest BCUT2D eigenvalue weighted by Crippen LogP contribution is 2.33. The van der Waals surface area contributed by atoms with Crippen molar-refractivity contribution in [1.82, 2.24) is 15.6 Å². The molecule has 1 amide bonds. The summed E-state index contributed by atoms with van der Waals surface area (Å²) < 4.78 is 0. The van der Waals surface area contributed by atoms with Gasteiger partial charge in [0.05, 0.1) is 23.3 Å². The Labute approximate surface area is 148 Å². The zero-order valence-electron chi connectivity index (χ0n) is 13.1. The number of aryl methyl sites for hydroxylation is 2. The number of carbonyl (C=O) groups excluding carboxylic acids is 1. The number of carbonyl (C=O) groups is 1. The third-order valence-electron chi connectivity index (χ3n) is 4.60. The van der Waals surface area contributed by atoms with Crippen molar-refractivity contribution in [3.8, 4) is 0 Å². The van der Waals surface area contributed by atoms with Gasteiger partial charge in [0, 0.05) is 10.9 Å². The molecule has 1 aromatic heterocycles. The number of hydrogen-bond acceptors (Lipinski definition) is 4. The van der Waals surface area contributed by atoms with Gasteiger partial charge in [0.1, 0.15) is 0 Å². The number of nitrogens with one attached hydrogen (secondary N) is 2. The van der Waals surface area contributed by atoms with Gasteiger partial charge in [-0.1, -0.05) is 12.8 Å². The second-order valence-corrected chi connectivity index (χ2v) is 7.35. The molecule has 2 aliphatic rings. The average Bonchev–Trinajstić information content (AvgIpc) is 2.99. The first-order valence-corrected chi connectivity index (χ1v) is 8.42. The van der Waals surface area contributed by atoms with Crippen LogP contribution in [0, 0.1) is 19.8 Å². The minimum absolute atomic E-state index is 0. The predicted octanol–water partition coefficient (Wildman–Crippen LogP) is 3.14. The van der Waals surface area contributed by atoms with Crippen LogP contribution in [-0.2, 0) is 11.3 Å². The molecule has 22 heavy (non-hydrogen) atoms. The molecule has 7 heteroatoms. The highest BCUT2D eigenvalue weighted by atomic mass is 35.5. The summed E-state index contributed by atoms with van der Waals surface area (Å²) in [7, 11) is 0. The van der Waals surface area contributed by atoms with Gasteiger partial charge in [-0.2, -0.15) is 0 Å². The summed E-state index contributed by atoms with van der Waals surface area (Å²) >= 11 is 1.67. The fraction of sp³-hybridized carbons (Fsp3) is 0.733. The van der Waals surface area contributed by atoms with Crippen LogP contribution in [0.2, 0.25) is 0 Å². The van der Waals surface area contributed by atoms with Crippen LogP contribution in [0.1, 0.15) is 47.7 Å². The monoisotopic (exact) mass is 365 g/mol. The summed E-state index contributed by atoms with van der Waals surface area (Å²) in [5.41, 5.74) is 1.04. The molecule has 3 rings (SSSR count). The van der Waals surface area contributed by atoms with E-state index in [1.165, 1.54) is 30.6 Å². The SMILES string of the molecule is Cc1nc(C)c(CNC(=O)C2CC3CCCCC3N2)s1.Cl.Cl. The molecule has 3 unspecified atom stereocenters. The molecule has 2 heterocycles. The van der Waals surface area contributed by atoms with E-state index in [2.05, 4.69) is 15.6 Å². The van der Waals surface area contributed by atoms with Crippen molar-refractivity contribution in [3.05, 3.63) is 15.6 Å². The van der Waals surface area contributed by atoms with Crippen LogP contribution in [0.4, 0.5) is 0 Å². The van der Waals surface area contributed by atoms with Crippen molar-refractivity contribution in [2.24, 2.45) is 5.92 Å². The Morgan fingerprint density at radius 3 is 2.68 bits per heavy atom. The van der Waals surface area contributed by atoms with E-state index in [0.717, 1.165) is 17.1 Å². The summed E-state index contributed by atoms with van der Waals surface area (Å²) in [6, 6.07) is 0.587. The quantitative estimate of drug-likeness (QED) is 0.864. The molecule has 4 nitrogen and oxygen atoms in total. The van der Waals surface area contributed by atoms with Gasteiger partial charge in [-0.05, 0) is 39.0 Å². The Morgan fingerprint density at radius 1 is 1.32 bits per heavy atom. The smallest absolute Gasteiger partial charge is 0.237 e. The van der Waals surface area contributed by atoms with Crippen LogP contribution in [0.25, 0.3) is 0 Å². The Balaban J connectivity index is 0.00000121. The van der Waals surface area contributed by atoms with Crippen LogP contribution in [0.15, 0.2) is 0 Å². The van der Waals surface area contributed by atoms with Crippen molar-refractivity contribution < 1.29 is 4.79 Å². The van der Waals surface area contributed by atoms with Gasteiger partial charge >= 0.3 is 0 Å². The molecular formula is C15H25Cl2N3OS. The lowest BCUT2D eigenvalue weighted by Gasteiger charge is -2.24. The average molecular weight is 366 g/mol. The summed E-state index contributed by atoms with van der Waals surface area (Å²) in [6.07, 6.45) is 6.17. The largest absolute Gasteiger partial charge is 0.350 e. The van der Waals surface area contributed by atoms with Gasteiger partial charge in [-0.3, -0.25) is 4.79 Å². The van der Waals surface area contributed by atoms with Gasteiger partial charge < -0.3 is 10.6 Å². The molecule has 0 radical (unpaired) electrons. The van der Waals surface area contributed by atoms with E-state index in [1.54, 1.807) is 11.3 Å². The number of aromatic nitrogens is 1. The summed E-state index contributed by atoms with van der Waals surface area (Å²) in [6.45, 7) is 4.63. The van der Waals surface area contributed by atoms with E-state index < -0.39 is 0 Å². The Hall–Kier alpha value is -0.360. The molecule has 1 aliphatic carbocycles. The van der Waals surface area contributed by atoms with E-state index in [-0.39, 0.29) is 36.8 Å². The zero-order chi connectivity index (χ0) is 14.1. The lowest BCUT2D eigenvalue weighted by atomic mass is 9.85. The third-order valence-corrected chi connectivity index (χ3v) is 5.67. The number of hydrogen-bond donors (Lipinski definition) is 2. The van der Waals surface area contributed by atoms with Crippen LogP contribution >= 0.6 is 36.2 Å². The fourth-order valence-electron chi connectivity index (χ4n) is 3.55. The lowest BCUT2D eigenvalue weighted by Crippen LogP contribution is -2.42. The zero-order valence-corrected chi connectivity index (χ0v) is 15.5. The van der Waals surface area contributed by atoms with E-state index in [4.69, 9.17) is 0 Å². The fourth-order valence-corrected chi connectivity index (χ4v) is 4.43. The van der Waals surface area contributed by atoms with E-state index >= 15 is 0 Å². The lowest BCUT2D eigenvalue weighted by molar-refractivity contribution is -0.123. The highest BCUT2D eigenvalue weighted by molar-refractivity contribution is 7.11. The molecule has 2 N–H and O–H groups in total. The normalized spacial score (nSPS) is 26.5. The molecule has 126 valence electrons. The van der Waals surface area contributed by atoms with Crippen LogP contribution in [0.5, 0.6) is 0 Å². The van der Waals surface area contributed by atoms with Gasteiger partial charge in [0.25, 0.3) is 0 Å².